The SMILES string of the molecule is C=C(C)C(=O)CC(=O)OCCOCC.O=P(O)(O)c1ccccc1. The van der Waals surface area contributed by atoms with E-state index in [2.05, 4.69) is 6.58 Å². The Kier molecular flexibility index (Phi) is 10.8. The van der Waals surface area contributed by atoms with Crippen LogP contribution >= 0.6 is 7.60 Å². The quantitative estimate of drug-likeness (QED) is 0.239. The van der Waals surface area contributed by atoms with E-state index in [0.717, 1.165) is 0 Å². The van der Waals surface area contributed by atoms with Crippen molar-refractivity contribution in [3.8, 4) is 0 Å². The Morgan fingerprint density at radius 3 is 2.17 bits per heavy atom. The van der Waals surface area contributed by atoms with E-state index < -0.39 is 13.6 Å². The first-order valence-corrected chi connectivity index (χ1v) is 8.83. The fourth-order valence-corrected chi connectivity index (χ4v) is 1.87. The van der Waals surface area contributed by atoms with Crippen LogP contribution in [0.3, 0.4) is 0 Å². The first-order chi connectivity index (χ1) is 11.2. The molecule has 0 aliphatic rings. The molecule has 24 heavy (non-hydrogen) atoms. The van der Waals surface area contributed by atoms with Gasteiger partial charge in [0.2, 0.25) is 0 Å². The van der Waals surface area contributed by atoms with E-state index in [1.807, 2.05) is 6.92 Å². The van der Waals surface area contributed by atoms with E-state index in [9.17, 15) is 14.2 Å². The van der Waals surface area contributed by atoms with Crippen molar-refractivity contribution in [2.75, 3.05) is 19.8 Å². The van der Waals surface area contributed by atoms with Crippen molar-refractivity contribution in [1.82, 2.24) is 0 Å². The zero-order valence-electron chi connectivity index (χ0n) is 13.8. The second-order valence-electron chi connectivity index (χ2n) is 4.68. The predicted octanol–water partition coefficient (Wildman–Crippen LogP) is 1.59. The van der Waals surface area contributed by atoms with E-state index in [0.29, 0.717) is 18.8 Å². The van der Waals surface area contributed by atoms with Gasteiger partial charge in [0.25, 0.3) is 0 Å². The number of benzene rings is 1. The molecule has 0 heterocycles. The summed E-state index contributed by atoms with van der Waals surface area (Å²) in [5.41, 5.74) is 0.367. The molecule has 7 nitrogen and oxygen atoms in total. The minimum atomic E-state index is -4.02. The van der Waals surface area contributed by atoms with Gasteiger partial charge in [-0.15, -0.1) is 0 Å². The zero-order chi connectivity index (χ0) is 18.6. The monoisotopic (exact) mass is 358 g/mol. The van der Waals surface area contributed by atoms with Crippen LogP contribution in [0.1, 0.15) is 20.3 Å². The number of hydrogen-bond acceptors (Lipinski definition) is 5. The van der Waals surface area contributed by atoms with Gasteiger partial charge in [0.05, 0.1) is 11.9 Å². The lowest BCUT2D eigenvalue weighted by Gasteiger charge is -2.03. The zero-order valence-corrected chi connectivity index (χ0v) is 14.7. The summed E-state index contributed by atoms with van der Waals surface area (Å²) in [5, 5.41) is 0.0648. The number of ether oxygens (including phenoxy) is 2. The van der Waals surface area contributed by atoms with Crippen LogP contribution in [0.4, 0.5) is 0 Å². The molecule has 0 radical (unpaired) electrons. The topological polar surface area (TPSA) is 110 Å². The highest BCUT2D eigenvalue weighted by molar-refractivity contribution is 7.60. The molecular weight excluding hydrogens is 335 g/mol. The number of ketones is 1. The highest BCUT2D eigenvalue weighted by atomic mass is 31.2. The normalized spacial score (nSPS) is 10.3. The highest BCUT2D eigenvalue weighted by Gasteiger charge is 2.14. The van der Waals surface area contributed by atoms with Gasteiger partial charge in [0, 0.05) is 6.61 Å². The smallest absolute Gasteiger partial charge is 0.356 e. The van der Waals surface area contributed by atoms with Crippen LogP contribution in [0.15, 0.2) is 42.5 Å². The molecule has 1 aromatic carbocycles. The van der Waals surface area contributed by atoms with Gasteiger partial charge in [-0.1, -0.05) is 24.8 Å². The van der Waals surface area contributed by atoms with E-state index in [-0.39, 0.29) is 24.1 Å². The molecule has 0 aromatic heterocycles. The van der Waals surface area contributed by atoms with E-state index in [1.54, 1.807) is 25.1 Å². The van der Waals surface area contributed by atoms with Gasteiger partial charge in [-0.25, -0.2) is 0 Å². The lowest BCUT2D eigenvalue weighted by atomic mass is 10.2. The molecule has 8 heteroatoms. The maximum Gasteiger partial charge on any atom is 0.356 e. The average molecular weight is 358 g/mol. The maximum atomic E-state index is 11.0. The molecule has 0 aliphatic carbocycles. The number of carbonyl (C=O) groups is 2. The fraction of sp³-hybridized carbons (Fsp3) is 0.375. The second-order valence-corrected chi connectivity index (χ2v) is 6.28. The standard InChI is InChI=1S/C10H16O4.C6H7O3P/c1-4-13-5-6-14-10(12)7-9(11)8(2)3;7-10(8,9)6-4-2-1-3-5-6/h2,4-7H2,1,3H3;1-5H,(H2,7,8,9). The number of esters is 1. The predicted molar refractivity (Wildman–Crippen MR) is 90.0 cm³/mol. The average Bonchev–Trinajstić information content (AvgIpc) is 2.52. The van der Waals surface area contributed by atoms with Crippen LogP contribution in [0.25, 0.3) is 0 Å². The van der Waals surface area contributed by atoms with Crippen LogP contribution in [-0.2, 0) is 23.6 Å². The van der Waals surface area contributed by atoms with Gasteiger partial charge in [0.1, 0.15) is 13.0 Å². The summed E-state index contributed by atoms with van der Waals surface area (Å²) in [6, 6.07) is 7.70. The van der Waals surface area contributed by atoms with Crippen LogP contribution in [0.5, 0.6) is 0 Å². The summed E-state index contributed by atoms with van der Waals surface area (Å²) >= 11 is 0. The minimum absolute atomic E-state index is 0.0648. The Labute approximate surface area is 141 Å². The highest BCUT2D eigenvalue weighted by Crippen LogP contribution is 2.32. The van der Waals surface area contributed by atoms with Crippen molar-refractivity contribution in [1.29, 1.82) is 0 Å². The summed E-state index contributed by atoms with van der Waals surface area (Å²) in [6.45, 7) is 8.00. The van der Waals surface area contributed by atoms with Crippen LogP contribution in [0.2, 0.25) is 0 Å². The molecule has 0 saturated heterocycles. The molecule has 0 spiro atoms. The minimum Gasteiger partial charge on any atom is -0.463 e. The van der Waals surface area contributed by atoms with E-state index in [4.69, 9.17) is 19.3 Å². The second kappa shape index (κ2) is 11.7. The number of hydrogen-bond donors (Lipinski definition) is 2. The maximum absolute atomic E-state index is 11.0. The van der Waals surface area contributed by atoms with Crippen molar-refractivity contribution >= 4 is 24.7 Å². The van der Waals surface area contributed by atoms with Crippen molar-refractivity contribution in [3.05, 3.63) is 42.5 Å². The molecule has 0 aliphatic heterocycles. The third kappa shape index (κ3) is 10.9. The number of Topliss-reactive ketones (excluding diaryl/α,β-unsaturated/α-hetero) is 1. The van der Waals surface area contributed by atoms with Gasteiger partial charge in [-0.2, -0.15) is 0 Å². The lowest BCUT2D eigenvalue weighted by Crippen LogP contribution is -2.14. The summed E-state index contributed by atoms with van der Waals surface area (Å²) in [4.78, 5) is 39.2. The Hall–Kier alpha value is -1.79. The molecular formula is C16H23O7P. The molecule has 0 amide bonds. The van der Waals surface area contributed by atoms with Crippen LogP contribution in [-0.4, -0.2) is 41.4 Å². The third-order valence-electron chi connectivity index (χ3n) is 2.57. The lowest BCUT2D eigenvalue weighted by molar-refractivity contribution is -0.146. The largest absolute Gasteiger partial charge is 0.463 e. The Morgan fingerprint density at radius 1 is 1.17 bits per heavy atom. The Balaban J connectivity index is 0.000000463. The molecule has 134 valence electrons. The summed E-state index contributed by atoms with van der Waals surface area (Å²) in [5.74, 6) is -0.816. The van der Waals surface area contributed by atoms with Gasteiger partial charge >= 0.3 is 13.6 Å². The molecule has 1 aromatic rings. The number of rotatable bonds is 8. The molecule has 0 saturated carbocycles. The first kappa shape index (κ1) is 22.2. The molecule has 1 rings (SSSR count). The first-order valence-electron chi connectivity index (χ1n) is 7.21. The third-order valence-corrected chi connectivity index (χ3v) is 3.54. The van der Waals surface area contributed by atoms with Gasteiger partial charge in [-0.05, 0) is 31.6 Å². The molecule has 0 fully saturated rings. The van der Waals surface area contributed by atoms with Gasteiger partial charge < -0.3 is 19.3 Å². The summed E-state index contributed by atoms with van der Waals surface area (Å²) < 4.78 is 20.2. The van der Waals surface area contributed by atoms with Gasteiger partial charge in [0.15, 0.2) is 5.78 Å². The van der Waals surface area contributed by atoms with Crippen molar-refractivity contribution in [2.45, 2.75) is 20.3 Å². The van der Waals surface area contributed by atoms with Crippen molar-refractivity contribution < 1.29 is 33.4 Å². The van der Waals surface area contributed by atoms with E-state index >= 15 is 0 Å². The molecule has 0 unspecified atom stereocenters. The number of allylic oxidation sites excluding steroid dienone is 1. The molecule has 0 bridgehead atoms. The Bertz CT molecular complexity index is 577. The van der Waals surface area contributed by atoms with Crippen molar-refractivity contribution in [2.24, 2.45) is 0 Å². The Morgan fingerprint density at radius 2 is 1.75 bits per heavy atom. The van der Waals surface area contributed by atoms with Gasteiger partial charge in [-0.3, -0.25) is 14.2 Å². The molecule has 2 N–H and O–H groups in total. The number of carbonyl (C=O) groups excluding carboxylic acids is 2. The van der Waals surface area contributed by atoms with Crippen LogP contribution in [0, 0.1) is 0 Å². The fourth-order valence-electron chi connectivity index (χ4n) is 1.31. The van der Waals surface area contributed by atoms with Crippen molar-refractivity contribution in [3.63, 3.8) is 0 Å². The molecule has 0 atom stereocenters. The summed E-state index contributed by atoms with van der Waals surface area (Å²) in [7, 11) is -4.02. The summed E-state index contributed by atoms with van der Waals surface area (Å²) in [6.07, 6.45) is -0.235. The van der Waals surface area contributed by atoms with E-state index in [1.165, 1.54) is 12.1 Å². The van der Waals surface area contributed by atoms with Crippen LogP contribution < -0.4 is 5.30 Å².